The summed E-state index contributed by atoms with van der Waals surface area (Å²) in [7, 11) is -5.48. The quantitative estimate of drug-likeness (QED) is 0.176. The van der Waals surface area contributed by atoms with Gasteiger partial charge in [-0.2, -0.15) is 0 Å². The Balaban J connectivity index is 3.59. The van der Waals surface area contributed by atoms with Crippen LogP contribution in [-0.2, 0) is 8.85 Å². The highest BCUT2D eigenvalue weighted by Gasteiger charge is 2.38. The van der Waals surface area contributed by atoms with Crippen LogP contribution in [0.5, 0.6) is 0 Å². The lowest BCUT2D eigenvalue weighted by molar-refractivity contribution is 0.308. The van der Waals surface area contributed by atoms with Crippen LogP contribution < -0.4 is 0 Å². The molecule has 0 aliphatic rings. The fourth-order valence-corrected chi connectivity index (χ4v) is 5.04. The van der Waals surface area contributed by atoms with E-state index in [1.807, 2.05) is 0 Å². The Morgan fingerprint density at radius 3 is 1.49 bits per heavy atom. The molecule has 0 aliphatic carbocycles. The standard InChI is InChI=1S/C29H47IO2Si3/c1-28(2,3)34(10,11)31-22-25(17-14-24-15-18-27(30)19-16-24)26(20-21-33(7,8)9)23-32-35(12,13)29(4,5)6/h15-16,18-19H,22-23H2,1-13H3. The van der Waals surface area contributed by atoms with Gasteiger partial charge < -0.3 is 8.85 Å². The van der Waals surface area contributed by atoms with Crippen LogP contribution in [0.1, 0.15) is 47.1 Å². The van der Waals surface area contributed by atoms with Gasteiger partial charge >= 0.3 is 0 Å². The van der Waals surface area contributed by atoms with Crippen LogP contribution in [-0.4, -0.2) is 37.9 Å². The second-order valence-corrected chi connectivity index (χ2v) is 28.9. The predicted octanol–water partition coefficient (Wildman–Crippen LogP) is 8.86. The van der Waals surface area contributed by atoms with Gasteiger partial charge in [-0.3, -0.25) is 0 Å². The molecule has 0 atom stereocenters. The molecule has 0 unspecified atom stereocenters. The number of hydrogen-bond acceptors (Lipinski definition) is 2. The molecule has 0 spiro atoms. The molecule has 1 rings (SSSR count). The first-order valence-electron chi connectivity index (χ1n) is 12.5. The van der Waals surface area contributed by atoms with Crippen LogP contribution in [0.2, 0.25) is 55.9 Å². The van der Waals surface area contributed by atoms with Crippen molar-refractivity contribution in [1.82, 2.24) is 0 Å². The van der Waals surface area contributed by atoms with Crippen molar-refractivity contribution in [2.24, 2.45) is 0 Å². The molecule has 2 nitrogen and oxygen atoms in total. The molecular formula is C29H47IO2Si3. The first kappa shape index (κ1) is 32.4. The van der Waals surface area contributed by atoms with E-state index in [1.54, 1.807) is 0 Å². The van der Waals surface area contributed by atoms with Gasteiger partial charge in [-0.25, -0.2) is 0 Å². The van der Waals surface area contributed by atoms with Crippen molar-refractivity contribution in [2.45, 2.75) is 97.4 Å². The molecule has 194 valence electrons. The molecule has 0 bridgehead atoms. The topological polar surface area (TPSA) is 18.5 Å². The van der Waals surface area contributed by atoms with Crippen LogP contribution in [0.15, 0.2) is 35.4 Å². The molecule has 6 heteroatoms. The normalized spacial score (nSPS) is 13.9. The molecule has 1 aromatic carbocycles. The third kappa shape index (κ3) is 11.1. The van der Waals surface area contributed by atoms with Crippen molar-refractivity contribution in [3.8, 4) is 23.3 Å². The molecular weight excluding hydrogens is 591 g/mol. The van der Waals surface area contributed by atoms with Gasteiger partial charge in [0.05, 0.1) is 13.2 Å². The molecule has 0 heterocycles. The Morgan fingerprint density at radius 1 is 0.714 bits per heavy atom. The fraction of sp³-hybridized carbons (Fsp3) is 0.586. The van der Waals surface area contributed by atoms with E-state index in [2.05, 4.69) is 158 Å². The summed E-state index contributed by atoms with van der Waals surface area (Å²) in [6, 6.07) is 8.32. The van der Waals surface area contributed by atoms with E-state index in [0.717, 1.165) is 16.7 Å². The number of halogens is 1. The maximum absolute atomic E-state index is 6.65. The van der Waals surface area contributed by atoms with Gasteiger partial charge in [-0.05, 0) is 83.1 Å². The second kappa shape index (κ2) is 12.3. The van der Waals surface area contributed by atoms with Gasteiger partial charge in [0.2, 0.25) is 0 Å². The van der Waals surface area contributed by atoms with E-state index in [1.165, 1.54) is 3.57 Å². The maximum Gasteiger partial charge on any atom is 0.192 e. The van der Waals surface area contributed by atoms with E-state index < -0.39 is 24.7 Å². The number of rotatable bonds is 6. The highest BCUT2D eigenvalue weighted by molar-refractivity contribution is 14.1. The second-order valence-electron chi connectivity index (χ2n) is 13.3. The lowest BCUT2D eigenvalue weighted by Crippen LogP contribution is -2.42. The van der Waals surface area contributed by atoms with Crippen LogP contribution in [0, 0.1) is 26.9 Å². The van der Waals surface area contributed by atoms with Gasteiger partial charge in [-0.15, -0.1) is 5.54 Å². The van der Waals surface area contributed by atoms with Crippen molar-refractivity contribution in [1.29, 1.82) is 0 Å². The minimum Gasteiger partial charge on any atom is -0.412 e. The summed E-state index contributed by atoms with van der Waals surface area (Å²) in [5.74, 6) is 10.4. The summed E-state index contributed by atoms with van der Waals surface area (Å²) in [4.78, 5) is 0. The zero-order valence-electron chi connectivity index (χ0n) is 24.4. The van der Waals surface area contributed by atoms with Crippen molar-refractivity contribution < 1.29 is 8.85 Å². The molecule has 0 fully saturated rings. The van der Waals surface area contributed by atoms with Crippen LogP contribution in [0.4, 0.5) is 0 Å². The van der Waals surface area contributed by atoms with E-state index in [0.29, 0.717) is 13.2 Å². The zero-order valence-corrected chi connectivity index (χ0v) is 29.6. The molecule has 0 aliphatic heterocycles. The molecule has 35 heavy (non-hydrogen) atoms. The highest BCUT2D eigenvalue weighted by atomic mass is 127. The molecule has 0 radical (unpaired) electrons. The van der Waals surface area contributed by atoms with Crippen LogP contribution in [0.3, 0.4) is 0 Å². The van der Waals surface area contributed by atoms with Crippen molar-refractivity contribution >= 4 is 47.3 Å². The van der Waals surface area contributed by atoms with Crippen LogP contribution >= 0.6 is 22.6 Å². The summed E-state index contributed by atoms with van der Waals surface area (Å²) in [5, 5.41) is 0.262. The molecule has 0 amide bonds. The maximum atomic E-state index is 6.65. The van der Waals surface area contributed by atoms with Gasteiger partial charge in [-0.1, -0.05) is 78.9 Å². The Hall–Kier alpha value is -0.619. The van der Waals surface area contributed by atoms with E-state index in [4.69, 9.17) is 8.85 Å². The third-order valence-electron chi connectivity index (χ3n) is 6.92. The number of benzene rings is 1. The molecule has 0 N–H and O–H groups in total. The van der Waals surface area contributed by atoms with Crippen LogP contribution in [0.25, 0.3) is 0 Å². The van der Waals surface area contributed by atoms with Gasteiger partial charge in [0.25, 0.3) is 0 Å². The Kier molecular flexibility index (Phi) is 11.4. The van der Waals surface area contributed by atoms with Gasteiger partial charge in [0.15, 0.2) is 16.6 Å². The van der Waals surface area contributed by atoms with E-state index >= 15 is 0 Å². The van der Waals surface area contributed by atoms with Gasteiger partial charge in [0, 0.05) is 20.3 Å². The summed E-state index contributed by atoms with van der Waals surface area (Å²) >= 11 is 2.32. The monoisotopic (exact) mass is 638 g/mol. The predicted molar refractivity (Wildman–Crippen MR) is 170 cm³/mol. The summed E-state index contributed by atoms with van der Waals surface area (Å²) in [6.45, 7) is 30.6. The van der Waals surface area contributed by atoms with Crippen molar-refractivity contribution in [3.05, 3.63) is 44.5 Å². The SMILES string of the molecule is CC(C)(C)[Si](C)(C)OCC(C#Cc1ccc(I)cc1)=C(C#C[Si](C)(C)C)CO[Si](C)(C)C(C)(C)C. The minimum absolute atomic E-state index is 0.128. The van der Waals surface area contributed by atoms with Crippen molar-refractivity contribution in [2.75, 3.05) is 13.2 Å². The largest absolute Gasteiger partial charge is 0.412 e. The smallest absolute Gasteiger partial charge is 0.192 e. The zero-order chi connectivity index (χ0) is 27.3. The Labute approximate surface area is 233 Å². The average Bonchev–Trinajstić information content (AvgIpc) is 2.67. The summed E-state index contributed by atoms with van der Waals surface area (Å²) in [6.07, 6.45) is 0. The first-order chi connectivity index (χ1) is 15.6. The molecule has 0 aromatic heterocycles. The number of hydrogen-bond donors (Lipinski definition) is 0. The molecule has 0 saturated heterocycles. The average molecular weight is 639 g/mol. The third-order valence-corrected chi connectivity index (χ3v) is 17.5. The summed E-state index contributed by atoms with van der Waals surface area (Å²) in [5.41, 5.74) is 6.50. The van der Waals surface area contributed by atoms with E-state index in [9.17, 15) is 0 Å². The lowest BCUT2D eigenvalue weighted by Gasteiger charge is -2.37. The van der Waals surface area contributed by atoms with Crippen molar-refractivity contribution in [3.63, 3.8) is 0 Å². The highest BCUT2D eigenvalue weighted by Crippen LogP contribution is 2.38. The Bertz CT molecular complexity index is 1010. The summed E-state index contributed by atoms with van der Waals surface area (Å²) < 4.78 is 14.5. The minimum atomic E-state index is -1.95. The Morgan fingerprint density at radius 2 is 1.11 bits per heavy atom. The van der Waals surface area contributed by atoms with E-state index in [-0.39, 0.29) is 10.1 Å². The molecule has 1 aromatic rings. The fourth-order valence-electron chi connectivity index (χ4n) is 2.28. The molecule has 0 saturated carbocycles. The van der Waals surface area contributed by atoms with Gasteiger partial charge in [0.1, 0.15) is 8.07 Å². The lowest BCUT2D eigenvalue weighted by atomic mass is 10.1. The first-order valence-corrected chi connectivity index (χ1v) is 22.8.